The highest BCUT2D eigenvalue weighted by molar-refractivity contribution is 5.80. The van der Waals surface area contributed by atoms with Gasteiger partial charge < -0.3 is 20.3 Å². The number of unbranched alkanes of at least 4 members (excludes halogenated alkanes) is 1. The smallest absolute Gasteiger partial charge is 0.409 e. The van der Waals surface area contributed by atoms with E-state index in [2.05, 4.69) is 34.7 Å². The lowest BCUT2D eigenvalue weighted by molar-refractivity contribution is -0.124. The number of ether oxygens (including phenoxy) is 1. The molecule has 2 N–H and O–H groups in total. The first kappa shape index (κ1) is 20.4. The van der Waals surface area contributed by atoms with Crippen LogP contribution in [0.5, 0.6) is 0 Å². The van der Waals surface area contributed by atoms with E-state index in [1.54, 1.807) is 4.90 Å². The maximum atomic E-state index is 12.4. The minimum Gasteiger partial charge on any atom is -0.449 e. The van der Waals surface area contributed by atoms with E-state index in [4.69, 9.17) is 4.74 Å². The zero-order valence-electron chi connectivity index (χ0n) is 16.8. The van der Waals surface area contributed by atoms with E-state index in [9.17, 15) is 9.59 Å². The summed E-state index contributed by atoms with van der Waals surface area (Å²) in [6.07, 6.45) is 6.23. The monoisotopic (exact) mass is 388 g/mol. The number of hydrogen-bond donors (Lipinski definition) is 2. The Morgan fingerprint density at radius 3 is 3.11 bits per heavy atom. The molecule has 1 unspecified atom stereocenters. The van der Waals surface area contributed by atoms with Gasteiger partial charge in [-0.1, -0.05) is 19.4 Å². The number of likely N-dealkylation sites (tertiary alicyclic amines) is 1. The Hall–Kier alpha value is -2.31. The highest BCUT2D eigenvalue weighted by Gasteiger charge is 2.31. The van der Waals surface area contributed by atoms with Gasteiger partial charge in [-0.15, -0.1) is 0 Å². The van der Waals surface area contributed by atoms with Crippen LogP contribution in [-0.4, -0.2) is 54.7 Å². The summed E-state index contributed by atoms with van der Waals surface area (Å²) in [4.78, 5) is 30.7. The lowest BCUT2D eigenvalue weighted by Crippen LogP contribution is -2.35. The van der Waals surface area contributed by atoms with Crippen molar-refractivity contribution in [2.75, 3.05) is 38.1 Å². The lowest BCUT2D eigenvalue weighted by atomic mass is 10.1. The quantitative estimate of drug-likeness (QED) is 0.669. The third-order valence-corrected chi connectivity index (χ3v) is 5.40. The Balaban J connectivity index is 1.34. The molecule has 0 saturated carbocycles. The van der Waals surface area contributed by atoms with E-state index in [1.165, 1.54) is 5.56 Å². The fourth-order valence-electron chi connectivity index (χ4n) is 3.67. The van der Waals surface area contributed by atoms with Crippen LogP contribution in [0.2, 0.25) is 0 Å². The Morgan fingerprint density at radius 1 is 1.36 bits per heavy atom. The van der Waals surface area contributed by atoms with Crippen molar-refractivity contribution in [1.82, 2.24) is 15.2 Å². The second-order valence-electron chi connectivity index (χ2n) is 7.63. The molecule has 7 nitrogen and oxygen atoms in total. The summed E-state index contributed by atoms with van der Waals surface area (Å²) in [5.74, 6) is 0.915. The van der Waals surface area contributed by atoms with Crippen molar-refractivity contribution < 1.29 is 14.3 Å². The molecule has 3 rings (SSSR count). The number of hydrogen-bond acceptors (Lipinski definition) is 5. The first-order valence-corrected chi connectivity index (χ1v) is 10.6. The maximum absolute atomic E-state index is 12.4. The number of carbonyl (C=O) groups is 2. The van der Waals surface area contributed by atoms with Gasteiger partial charge >= 0.3 is 6.09 Å². The van der Waals surface area contributed by atoms with Crippen LogP contribution in [-0.2, 0) is 22.4 Å². The van der Waals surface area contributed by atoms with Crippen LogP contribution >= 0.6 is 0 Å². The number of aryl methyl sites for hydroxylation is 2. The Labute approximate surface area is 167 Å². The van der Waals surface area contributed by atoms with Gasteiger partial charge in [0, 0.05) is 31.9 Å². The molecule has 0 aromatic carbocycles. The summed E-state index contributed by atoms with van der Waals surface area (Å²) in [7, 11) is 0. The molecule has 2 aliphatic heterocycles. The molecule has 154 valence electrons. The summed E-state index contributed by atoms with van der Waals surface area (Å²) in [6.45, 7) is 5.17. The Morgan fingerprint density at radius 2 is 2.25 bits per heavy atom. The molecular formula is C21H32N4O3. The number of fused-ring (bicyclic) bond motifs is 1. The minimum absolute atomic E-state index is 0.0314. The summed E-state index contributed by atoms with van der Waals surface area (Å²) in [5.41, 5.74) is 2.35. The SMILES string of the molecule is CCCCOC(=O)N1CCC(C(=O)NCCCc2ccc3c(n2)NCCC3)C1. The van der Waals surface area contributed by atoms with Crippen molar-refractivity contribution >= 4 is 17.8 Å². The molecule has 0 radical (unpaired) electrons. The summed E-state index contributed by atoms with van der Waals surface area (Å²) >= 11 is 0. The molecule has 1 aromatic rings. The molecule has 2 amide bonds. The highest BCUT2D eigenvalue weighted by Crippen LogP contribution is 2.20. The molecule has 1 saturated heterocycles. The average molecular weight is 389 g/mol. The number of pyridine rings is 1. The fraction of sp³-hybridized carbons (Fsp3) is 0.667. The zero-order chi connectivity index (χ0) is 19.8. The van der Waals surface area contributed by atoms with Crippen molar-refractivity contribution in [3.63, 3.8) is 0 Å². The average Bonchev–Trinajstić information content (AvgIpc) is 3.21. The van der Waals surface area contributed by atoms with Crippen molar-refractivity contribution in [1.29, 1.82) is 0 Å². The first-order valence-electron chi connectivity index (χ1n) is 10.6. The predicted octanol–water partition coefficient (Wildman–Crippen LogP) is 2.75. The van der Waals surface area contributed by atoms with Crippen molar-refractivity contribution in [2.24, 2.45) is 5.92 Å². The molecule has 0 aliphatic carbocycles. The molecular weight excluding hydrogens is 356 g/mol. The molecule has 2 aliphatic rings. The molecule has 0 spiro atoms. The first-order chi connectivity index (χ1) is 13.7. The van der Waals surface area contributed by atoms with E-state index < -0.39 is 0 Å². The van der Waals surface area contributed by atoms with Crippen LogP contribution in [0.25, 0.3) is 0 Å². The van der Waals surface area contributed by atoms with E-state index in [-0.39, 0.29) is 17.9 Å². The van der Waals surface area contributed by atoms with Crippen LogP contribution in [0.1, 0.15) is 50.3 Å². The van der Waals surface area contributed by atoms with Crippen molar-refractivity contribution in [3.05, 3.63) is 23.4 Å². The third kappa shape index (κ3) is 5.59. The van der Waals surface area contributed by atoms with Gasteiger partial charge in [0.25, 0.3) is 0 Å². The number of carbonyl (C=O) groups excluding carboxylic acids is 2. The maximum Gasteiger partial charge on any atom is 0.409 e. The number of nitrogens with one attached hydrogen (secondary N) is 2. The van der Waals surface area contributed by atoms with Gasteiger partial charge in [-0.3, -0.25) is 4.79 Å². The van der Waals surface area contributed by atoms with E-state index in [0.717, 1.165) is 56.6 Å². The van der Waals surface area contributed by atoms with Crippen molar-refractivity contribution in [2.45, 2.75) is 51.9 Å². The predicted molar refractivity (Wildman–Crippen MR) is 108 cm³/mol. The molecule has 7 heteroatoms. The number of amides is 2. The minimum atomic E-state index is -0.296. The van der Waals surface area contributed by atoms with Gasteiger partial charge in [-0.2, -0.15) is 0 Å². The lowest BCUT2D eigenvalue weighted by Gasteiger charge is -2.17. The Bertz CT molecular complexity index is 680. The van der Waals surface area contributed by atoms with Gasteiger partial charge in [-0.05, 0) is 50.2 Å². The second-order valence-corrected chi connectivity index (χ2v) is 7.63. The van der Waals surface area contributed by atoms with Gasteiger partial charge in [0.1, 0.15) is 5.82 Å². The molecule has 1 aromatic heterocycles. The van der Waals surface area contributed by atoms with E-state index in [0.29, 0.717) is 32.7 Å². The molecule has 3 heterocycles. The topological polar surface area (TPSA) is 83.6 Å². The van der Waals surface area contributed by atoms with E-state index >= 15 is 0 Å². The van der Waals surface area contributed by atoms with Gasteiger partial charge in [0.15, 0.2) is 0 Å². The van der Waals surface area contributed by atoms with Crippen LogP contribution in [0.3, 0.4) is 0 Å². The number of rotatable bonds is 8. The number of nitrogens with zero attached hydrogens (tertiary/aromatic N) is 2. The number of aromatic nitrogens is 1. The third-order valence-electron chi connectivity index (χ3n) is 5.40. The molecule has 28 heavy (non-hydrogen) atoms. The second kappa shape index (κ2) is 10.3. The van der Waals surface area contributed by atoms with Gasteiger partial charge in [-0.25, -0.2) is 9.78 Å². The van der Waals surface area contributed by atoms with Gasteiger partial charge in [0.2, 0.25) is 5.91 Å². The van der Waals surface area contributed by atoms with Crippen LogP contribution in [0.15, 0.2) is 12.1 Å². The zero-order valence-corrected chi connectivity index (χ0v) is 16.8. The largest absolute Gasteiger partial charge is 0.449 e. The standard InChI is InChI=1S/C21H32N4O3/c1-2-3-14-28-21(27)25-13-10-17(15-25)20(26)23-12-5-7-18-9-8-16-6-4-11-22-19(16)24-18/h8-9,17H,2-7,10-15H2,1H3,(H,22,24)(H,23,26). The Kier molecular flexibility index (Phi) is 7.51. The normalized spacial score (nSPS) is 18.3. The molecule has 0 bridgehead atoms. The van der Waals surface area contributed by atoms with Gasteiger partial charge in [0.05, 0.1) is 12.5 Å². The molecule has 1 fully saturated rings. The van der Waals surface area contributed by atoms with Crippen LogP contribution in [0.4, 0.5) is 10.6 Å². The van der Waals surface area contributed by atoms with Crippen molar-refractivity contribution in [3.8, 4) is 0 Å². The summed E-state index contributed by atoms with van der Waals surface area (Å²) < 4.78 is 5.22. The summed E-state index contributed by atoms with van der Waals surface area (Å²) in [6, 6.07) is 4.25. The van der Waals surface area contributed by atoms with Crippen LogP contribution < -0.4 is 10.6 Å². The fourth-order valence-corrected chi connectivity index (χ4v) is 3.67. The van der Waals surface area contributed by atoms with Crippen LogP contribution in [0, 0.1) is 5.92 Å². The molecule has 1 atom stereocenters. The summed E-state index contributed by atoms with van der Waals surface area (Å²) in [5, 5.41) is 6.36. The van der Waals surface area contributed by atoms with E-state index in [1.807, 2.05) is 0 Å². The number of anilines is 1. The highest BCUT2D eigenvalue weighted by atomic mass is 16.6.